The number of methoxy groups -OCH3 is 2. The highest BCUT2D eigenvalue weighted by Gasteiger charge is 2.32. The summed E-state index contributed by atoms with van der Waals surface area (Å²) in [6.07, 6.45) is 0.934. The molecule has 5 heteroatoms. The van der Waals surface area contributed by atoms with Crippen LogP contribution >= 0.6 is 0 Å². The molecule has 0 aromatic heterocycles. The molecule has 0 radical (unpaired) electrons. The van der Waals surface area contributed by atoms with Gasteiger partial charge in [0, 0.05) is 17.8 Å². The van der Waals surface area contributed by atoms with E-state index in [1.54, 1.807) is 14.2 Å². The van der Waals surface area contributed by atoms with Crippen LogP contribution in [0.5, 0.6) is 11.5 Å². The van der Waals surface area contributed by atoms with Crippen LogP contribution in [-0.2, 0) is 17.8 Å². The lowest BCUT2D eigenvalue weighted by Crippen LogP contribution is -3.12. The number of amides is 1. The van der Waals surface area contributed by atoms with Crippen LogP contribution in [0, 0.1) is 0 Å². The van der Waals surface area contributed by atoms with Gasteiger partial charge in [-0.3, -0.25) is 4.79 Å². The van der Waals surface area contributed by atoms with Crippen molar-refractivity contribution in [3.63, 3.8) is 0 Å². The number of rotatable bonds is 6. The zero-order valence-corrected chi connectivity index (χ0v) is 15.9. The minimum absolute atomic E-state index is 0.130. The maximum Gasteiger partial charge on any atom is 0.284 e. The molecule has 1 aliphatic heterocycles. The van der Waals surface area contributed by atoms with E-state index in [0.717, 1.165) is 35.7 Å². The van der Waals surface area contributed by atoms with E-state index in [4.69, 9.17) is 9.47 Å². The number of carbonyl (C=O) groups is 1. The Morgan fingerprint density at radius 2 is 1.88 bits per heavy atom. The third-order valence-electron chi connectivity index (χ3n) is 5.19. The van der Waals surface area contributed by atoms with E-state index in [1.165, 1.54) is 5.56 Å². The molecule has 1 aliphatic rings. The van der Waals surface area contributed by atoms with E-state index in [2.05, 4.69) is 13.1 Å². The number of hydrogen-bond acceptors (Lipinski definition) is 3. The summed E-state index contributed by atoms with van der Waals surface area (Å²) < 4.78 is 10.7. The molecule has 5 nitrogen and oxygen atoms in total. The number of nitrogens with one attached hydrogen (secondary N) is 1. The number of likely N-dealkylation sites (N-methyl/N-ethyl adjacent to an activating group) is 1. The minimum Gasteiger partial charge on any atom is -0.493 e. The highest BCUT2D eigenvalue weighted by Crippen LogP contribution is 2.28. The van der Waals surface area contributed by atoms with Gasteiger partial charge in [0.1, 0.15) is 6.54 Å². The molecule has 0 saturated carbocycles. The van der Waals surface area contributed by atoms with Crippen LogP contribution in [0.15, 0.2) is 42.5 Å². The van der Waals surface area contributed by atoms with Crippen molar-refractivity contribution in [2.75, 3.05) is 32.7 Å². The van der Waals surface area contributed by atoms with E-state index >= 15 is 0 Å². The van der Waals surface area contributed by atoms with Crippen molar-refractivity contribution in [2.24, 2.45) is 0 Å². The van der Waals surface area contributed by atoms with Gasteiger partial charge in [-0.2, -0.15) is 0 Å². The Hall–Kier alpha value is -2.53. The lowest BCUT2D eigenvalue weighted by Gasteiger charge is -2.26. The number of anilines is 1. The van der Waals surface area contributed by atoms with Gasteiger partial charge in [0.05, 0.1) is 21.3 Å². The van der Waals surface area contributed by atoms with E-state index in [9.17, 15) is 4.79 Å². The number of benzene rings is 2. The van der Waals surface area contributed by atoms with Crippen LogP contribution in [0.1, 0.15) is 18.1 Å². The highest BCUT2D eigenvalue weighted by molar-refractivity contribution is 5.97. The minimum atomic E-state index is -0.130. The van der Waals surface area contributed by atoms with E-state index in [1.807, 2.05) is 48.2 Å². The molecule has 1 unspecified atom stereocenters. The van der Waals surface area contributed by atoms with Gasteiger partial charge >= 0.3 is 0 Å². The molecule has 2 aromatic carbocycles. The Morgan fingerprint density at radius 3 is 2.62 bits per heavy atom. The zero-order valence-electron chi connectivity index (χ0n) is 15.9. The first-order chi connectivity index (χ1) is 12.5. The molecule has 1 heterocycles. The van der Waals surface area contributed by atoms with Crippen molar-refractivity contribution < 1.29 is 19.2 Å². The summed E-state index contributed by atoms with van der Waals surface area (Å²) in [5.74, 6) is 1.60. The standard InChI is InChI=1S/C21H26N2O3/c1-15(21(24)23-12-11-17-7-5-6-8-18(17)23)22(2)14-16-9-10-19(25-3)20(13-16)26-4/h5-10,13,15H,11-12,14H2,1-4H3/p+1/t15-/m0/s1. The lowest BCUT2D eigenvalue weighted by atomic mass is 10.1. The predicted octanol–water partition coefficient (Wildman–Crippen LogP) is 1.70. The quantitative estimate of drug-likeness (QED) is 0.858. The Morgan fingerprint density at radius 1 is 1.15 bits per heavy atom. The summed E-state index contributed by atoms with van der Waals surface area (Å²) >= 11 is 0. The molecule has 3 rings (SSSR count). The fourth-order valence-electron chi connectivity index (χ4n) is 3.48. The van der Waals surface area contributed by atoms with Crippen LogP contribution < -0.4 is 19.3 Å². The van der Waals surface area contributed by atoms with Gasteiger partial charge in [0.15, 0.2) is 17.5 Å². The monoisotopic (exact) mass is 355 g/mol. The summed E-state index contributed by atoms with van der Waals surface area (Å²) in [7, 11) is 5.32. The zero-order chi connectivity index (χ0) is 18.7. The summed E-state index contributed by atoms with van der Waals surface area (Å²) in [6, 6.07) is 13.9. The fraction of sp³-hybridized carbons (Fsp3) is 0.381. The van der Waals surface area contributed by atoms with Crippen molar-refractivity contribution in [3.05, 3.63) is 53.6 Å². The van der Waals surface area contributed by atoms with Crippen molar-refractivity contribution in [2.45, 2.75) is 25.9 Å². The molecule has 0 saturated heterocycles. The summed E-state index contributed by atoms with van der Waals surface area (Å²) in [4.78, 5) is 16.1. The third-order valence-corrected chi connectivity index (χ3v) is 5.19. The third kappa shape index (κ3) is 3.53. The second-order valence-corrected chi connectivity index (χ2v) is 6.80. The van der Waals surface area contributed by atoms with Gasteiger partial charge in [0.2, 0.25) is 0 Å². The molecule has 26 heavy (non-hydrogen) atoms. The molecule has 2 atom stereocenters. The van der Waals surface area contributed by atoms with Gasteiger partial charge < -0.3 is 19.3 Å². The Labute approximate surface area is 155 Å². The molecular weight excluding hydrogens is 328 g/mol. The van der Waals surface area contributed by atoms with E-state index in [0.29, 0.717) is 11.5 Å². The van der Waals surface area contributed by atoms with Crippen molar-refractivity contribution in [1.82, 2.24) is 0 Å². The van der Waals surface area contributed by atoms with Gasteiger partial charge in [-0.05, 0) is 43.2 Å². The largest absolute Gasteiger partial charge is 0.493 e. The molecule has 1 N–H and O–H groups in total. The first kappa shape index (κ1) is 18.3. The molecule has 0 spiro atoms. The second-order valence-electron chi connectivity index (χ2n) is 6.80. The lowest BCUT2D eigenvalue weighted by molar-refractivity contribution is -0.908. The molecule has 0 fully saturated rings. The molecule has 138 valence electrons. The topological polar surface area (TPSA) is 43.2 Å². The predicted molar refractivity (Wildman–Crippen MR) is 102 cm³/mol. The average molecular weight is 355 g/mol. The van der Waals surface area contributed by atoms with Crippen molar-refractivity contribution >= 4 is 11.6 Å². The summed E-state index contributed by atoms with van der Waals surface area (Å²) in [5.41, 5.74) is 3.43. The number of hydrogen-bond donors (Lipinski definition) is 1. The first-order valence-electron chi connectivity index (χ1n) is 8.97. The maximum atomic E-state index is 13.0. The molecule has 1 amide bonds. The fourth-order valence-corrected chi connectivity index (χ4v) is 3.48. The summed E-state index contributed by atoms with van der Waals surface area (Å²) in [6.45, 7) is 3.51. The van der Waals surface area contributed by atoms with Crippen LogP contribution in [-0.4, -0.2) is 39.8 Å². The smallest absolute Gasteiger partial charge is 0.284 e. The van der Waals surface area contributed by atoms with Gasteiger partial charge in [-0.15, -0.1) is 0 Å². The highest BCUT2D eigenvalue weighted by atomic mass is 16.5. The number of para-hydroxylation sites is 1. The number of carbonyl (C=O) groups excluding carboxylic acids is 1. The van der Waals surface area contributed by atoms with Crippen LogP contribution in [0.4, 0.5) is 5.69 Å². The van der Waals surface area contributed by atoms with Crippen LogP contribution in [0.2, 0.25) is 0 Å². The van der Waals surface area contributed by atoms with Gasteiger partial charge in [-0.1, -0.05) is 18.2 Å². The SMILES string of the molecule is COc1ccc(C[NH+](C)[C@@H](C)C(=O)N2CCc3ccccc32)cc1OC. The van der Waals surface area contributed by atoms with Crippen molar-refractivity contribution in [1.29, 1.82) is 0 Å². The normalized spacial score (nSPS) is 15.3. The number of nitrogens with zero attached hydrogens (tertiary/aromatic N) is 1. The Kier molecular flexibility index (Phi) is 5.47. The van der Waals surface area contributed by atoms with Crippen molar-refractivity contribution in [3.8, 4) is 11.5 Å². The maximum absolute atomic E-state index is 13.0. The second kappa shape index (κ2) is 7.79. The number of fused-ring (bicyclic) bond motifs is 1. The summed E-state index contributed by atoms with van der Waals surface area (Å²) in [5, 5.41) is 0. The van der Waals surface area contributed by atoms with Crippen LogP contribution in [0.25, 0.3) is 0 Å². The number of quaternary nitrogens is 1. The van der Waals surface area contributed by atoms with Gasteiger partial charge in [0.25, 0.3) is 5.91 Å². The molecule has 0 bridgehead atoms. The Balaban J connectivity index is 1.70. The molecule has 0 aliphatic carbocycles. The van der Waals surface area contributed by atoms with E-state index in [-0.39, 0.29) is 11.9 Å². The van der Waals surface area contributed by atoms with Crippen LogP contribution in [0.3, 0.4) is 0 Å². The average Bonchev–Trinajstić information content (AvgIpc) is 3.10. The molecular formula is C21H27N2O3+. The molecule has 2 aromatic rings. The van der Waals surface area contributed by atoms with Gasteiger partial charge in [-0.25, -0.2) is 0 Å². The first-order valence-corrected chi connectivity index (χ1v) is 8.97. The van der Waals surface area contributed by atoms with E-state index < -0.39 is 0 Å². The Bertz CT molecular complexity index is 791. The number of ether oxygens (including phenoxy) is 2.